The molecule has 1 N–H and O–H groups in total. The topological polar surface area (TPSA) is 33.1 Å². The van der Waals surface area contributed by atoms with Gasteiger partial charge in [0.25, 0.3) is 0 Å². The third kappa shape index (κ3) is 4.44. The normalized spacial score (nSPS) is 12.0. The Morgan fingerprint density at radius 2 is 1.34 bits per heavy atom. The fourth-order valence-electron chi connectivity index (χ4n) is 3.79. The number of pyridine rings is 1. The Morgan fingerprint density at radius 1 is 0.690 bits per heavy atom. The van der Waals surface area contributed by atoms with Gasteiger partial charge in [-0.05, 0) is 53.7 Å². The van der Waals surface area contributed by atoms with Crippen molar-refractivity contribution < 1.29 is 5.11 Å². The molecule has 0 unspecified atom stereocenters. The van der Waals surface area contributed by atoms with Gasteiger partial charge in [-0.1, -0.05) is 78.9 Å². The molecular formula is C27H25NO. The minimum atomic E-state index is 0.222. The summed E-state index contributed by atoms with van der Waals surface area (Å²) in [5, 5.41) is 10.5. The third-order valence-corrected chi connectivity index (χ3v) is 5.20. The standard InChI is InChI=1S/C27H25NO/c29-18-10-9-16-25(21-11-3-1-4-12-21)27(22-13-5-2-6-14-22)24-19-23-15-7-8-17-26(23)28-20-24/h1-8,11-15,17,19-20,29H,9-10,16,18H2. The number of benzene rings is 3. The molecular weight excluding hydrogens is 354 g/mol. The van der Waals surface area contributed by atoms with Gasteiger partial charge in [-0.2, -0.15) is 0 Å². The minimum absolute atomic E-state index is 0.222. The smallest absolute Gasteiger partial charge is 0.0702 e. The van der Waals surface area contributed by atoms with E-state index in [4.69, 9.17) is 4.98 Å². The van der Waals surface area contributed by atoms with E-state index in [2.05, 4.69) is 72.8 Å². The molecule has 0 bridgehead atoms. The molecule has 4 rings (SSSR count). The van der Waals surface area contributed by atoms with Crippen molar-refractivity contribution in [2.75, 3.05) is 6.61 Å². The monoisotopic (exact) mass is 379 g/mol. The van der Waals surface area contributed by atoms with E-state index in [9.17, 15) is 5.11 Å². The lowest BCUT2D eigenvalue weighted by Crippen LogP contribution is -1.97. The van der Waals surface area contributed by atoms with Crippen molar-refractivity contribution in [3.05, 3.63) is 114 Å². The van der Waals surface area contributed by atoms with Crippen LogP contribution >= 0.6 is 0 Å². The molecule has 0 saturated carbocycles. The second kappa shape index (κ2) is 9.31. The molecule has 29 heavy (non-hydrogen) atoms. The second-order valence-electron chi connectivity index (χ2n) is 7.18. The van der Waals surface area contributed by atoms with Gasteiger partial charge in [0, 0.05) is 23.8 Å². The van der Waals surface area contributed by atoms with Crippen LogP contribution in [0.15, 0.2) is 97.2 Å². The first-order valence-electron chi connectivity index (χ1n) is 10.2. The summed E-state index contributed by atoms with van der Waals surface area (Å²) in [6.45, 7) is 0.222. The largest absolute Gasteiger partial charge is 0.396 e. The number of hydrogen-bond donors (Lipinski definition) is 1. The Kier molecular flexibility index (Phi) is 6.13. The molecule has 0 atom stereocenters. The molecule has 4 aromatic rings. The fraction of sp³-hybridized carbons (Fsp3) is 0.148. The van der Waals surface area contributed by atoms with Crippen LogP contribution in [0.2, 0.25) is 0 Å². The summed E-state index contributed by atoms with van der Waals surface area (Å²) in [6.07, 6.45) is 4.63. The minimum Gasteiger partial charge on any atom is -0.396 e. The zero-order valence-electron chi connectivity index (χ0n) is 16.5. The van der Waals surface area contributed by atoms with E-state index >= 15 is 0 Å². The van der Waals surface area contributed by atoms with Crippen LogP contribution in [-0.4, -0.2) is 16.7 Å². The lowest BCUT2D eigenvalue weighted by molar-refractivity contribution is 0.285. The number of aliphatic hydroxyl groups excluding tert-OH is 1. The van der Waals surface area contributed by atoms with E-state index in [1.807, 2.05) is 24.4 Å². The van der Waals surface area contributed by atoms with Crippen molar-refractivity contribution in [1.82, 2.24) is 4.98 Å². The van der Waals surface area contributed by atoms with Gasteiger partial charge in [0.15, 0.2) is 0 Å². The van der Waals surface area contributed by atoms with E-state index < -0.39 is 0 Å². The maximum Gasteiger partial charge on any atom is 0.0702 e. The highest BCUT2D eigenvalue weighted by Gasteiger charge is 2.15. The molecule has 0 saturated heterocycles. The van der Waals surface area contributed by atoms with Gasteiger partial charge in [-0.15, -0.1) is 0 Å². The Labute approximate surface area is 172 Å². The lowest BCUT2D eigenvalue weighted by Gasteiger charge is -2.18. The molecule has 3 aromatic carbocycles. The average Bonchev–Trinajstić information content (AvgIpc) is 2.79. The number of para-hydroxylation sites is 1. The summed E-state index contributed by atoms with van der Waals surface area (Å²) in [4.78, 5) is 4.73. The predicted octanol–water partition coefficient (Wildman–Crippen LogP) is 6.36. The summed E-state index contributed by atoms with van der Waals surface area (Å²) in [6, 6.07) is 31.6. The summed E-state index contributed by atoms with van der Waals surface area (Å²) < 4.78 is 0. The fourth-order valence-corrected chi connectivity index (χ4v) is 3.79. The van der Waals surface area contributed by atoms with E-state index in [0.717, 1.165) is 35.7 Å². The molecule has 0 aliphatic heterocycles. The molecule has 2 heteroatoms. The summed E-state index contributed by atoms with van der Waals surface area (Å²) in [7, 11) is 0. The molecule has 0 aliphatic carbocycles. The van der Waals surface area contributed by atoms with Gasteiger partial charge >= 0.3 is 0 Å². The molecule has 0 fully saturated rings. The number of hydrogen-bond acceptors (Lipinski definition) is 2. The van der Waals surface area contributed by atoms with Crippen LogP contribution in [0.4, 0.5) is 0 Å². The zero-order valence-corrected chi connectivity index (χ0v) is 16.5. The first-order chi connectivity index (χ1) is 14.4. The van der Waals surface area contributed by atoms with Crippen LogP contribution in [0.1, 0.15) is 36.0 Å². The Morgan fingerprint density at radius 3 is 2.07 bits per heavy atom. The predicted molar refractivity (Wildman–Crippen MR) is 121 cm³/mol. The van der Waals surface area contributed by atoms with Crippen LogP contribution in [0.3, 0.4) is 0 Å². The van der Waals surface area contributed by atoms with Crippen molar-refractivity contribution >= 4 is 22.0 Å². The van der Waals surface area contributed by atoms with Crippen molar-refractivity contribution in [1.29, 1.82) is 0 Å². The summed E-state index contributed by atoms with van der Waals surface area (Å²) in [5.74, 6) is 0. The molecule has 1 aromatic heterocycles. The first-order valence-corrected chi connectivity index (χ1v) is 10.2. The van der Waals surface area contributed by atoms with Gasteiger partial charge < -0.3 is 5.11 Å². The Bertz CT molecular complexity index is 1100. The average molecular weight is 380 g/mol. The highest BCUT2D eigenvalue weighted by Crippen LogP contribution is 2.36. The van der Waals surface area contributed by atoms with Gasteiger partial charge in [0.2, 0.25) is 0 Å². The number of rotatable bonds is 7. The molecule has 144 valence electrons. The van der Waals surface area contributed by atoms with E-state index in [1.54, 1.807) is 0 Å². The van der Waals surface area contributed by atoms with Gasteiger partial charge in [-0.25, -0.2) is 0 Å². The number of fused-ring (bicyclic) bond motifs is 1. The number of allylic oxidation sites excluding steroid dienone is 1. The van der Waals surface area contributed by atoms with Crippen LogP contribution in [0, 0.1) is 0 Å². The van der Waals surface area contributed by atoms with Crippen molar-refractivity contribution in [3.8, 4) is 0 Å². The molecule has 0 radical (unpaired) electrons. The SMILES string of the molecule is OCCCCC(=C(c1ccccc1)c1cnc2ccccc2c1)c1ccccc1. The highest BCUT2D eigenvalue weighted by atomic mass is 16.2. The van der Waals surface area contributed by atoms with Crippen LogP contribution in [0.25, 0.3) is 22.0 Å². The Balaban J connectivity index is 1.95. The number of aromatic nitrogens is 1. The Hall–Kier alpha value is -3.23. The van der Waals surface area contributed by atoms with E-state index in [0.29, 0.717) is 0 Å². The number of aliphatic hydroxyl groups is 1. The molecule has 0 spiro atoms. The van der Waals surface area contributed by atoms with Crippen LogP contribution in [0.5, 0.6) is 0 Å². The highest BCUT2D eigenvalue weighted by molar-refractivity contribution is 6.00. The maximum absolute atomic E-state index is 9.31. The molecule has 2 nitrogen and oxygen atoms in total. The van der Waals surface area contributed by atoms with Gasteiger partial charge in [0.05, 0.1) is 5.52 Å². The summed E-state index contributed by atoms with van der Waals surface area (Å²) in [5.41, 5.74) is 7.04. The van der Waals surface area contributed by atoms with Crippen molar-refractivity contribution in [2.24, 2.45) is 0 Å². The molecule has 0 amide bonds. The zero-order chi connectivity index (χ0) is 19.9. The molecule has 0 aliphatic rings. The third-order valence-electron chi connectivity index (χ3n) is 5.20. The summed E-state index contributed by atoms with van der Waals surface area (Å²) >= 11 is 0. The van der Waals surface area contributed by atoms with E-state index in [-0.39, 0.29) is 6.61 Å². The molecule has 1 heterocycles. The lowest BCUT2D eigenvalue weighted by atomic mass is 9.87. The maximum atomic E-state index is 9.31. The van der Waals surface area contributed by atoms with Crippen LogP contribution < -0.4 is 0 Å². The number of nitrogens with zero attached hydrogens (tertiary/aromatic N) is 1. The number of unbranched alkanes of at least 4 members (excludes halogenated alkanes) is 1. The quantitative estimate of drug-likeness (QED) is 0.299. The van der Waals surface area contributed by atoms with E-state index in [1.165, 1.54) is 22.3 Å². The van der Waals surface area contributed by atoms with Crippen molar-refractivity contribution in [3.63, 3.8) is 0 Å². The van der Waals surface area contributed by atoms with Crippen molar-refractivity contribution in [2.45, 2.75) is 19.3 Å². The van der Waals surface area contributed by atoms with Gasteiger partial charge in [-0.3, -0.25) is 4.98 Å². The first kappa shape index (κ1) is 19.1. The van der Waals surface area contributed by atoms with Gasteiger partial charge in [0.1, 0.15) is 0 Å². The van der Waals surface area contributed by atoms with Crippen LogP contribution in [-0.2, 0) is 0 Å². The second-order valence-corrected chi connectivity index (χ2v) is 7.18.